The lowest BCUT2D eigenvalue weighted by atomic mass is 10.0. The van der Waals surface area contributed by atoms with Gasteiger partial charge in [0.25, 0.3) is 0 Å². The van der Waals surface area contributed by atoms with Crippen LogP contribution in [-0.2, 0) is 6.42 Å². The van der Waals surface area contributed by atoms with E-state index in [1.165, 1.54) is 0 Å². The second-order valence-electron chi connectivity index (χ2n) is 3.48. The molecule has 0 atom stereocenters. The largest absolute Gasteiger partial charge is 0.507 e. The summed E-state index contributed by atoms with van der Waals surface area (Å²) >= 11 is 0. The monoisotopic (exact) mass is 216 g/mol. The molecule has 3 heteroatoms. The molecule has 0 unspecified atom stereocenters. The van der Waals surface area contributed by atoms with E-state index in [1.54, 1.807) is 0 Å². The van der Waals surface area contributed by atoms with E-state index in [4.69, 9.17) is 4.42 Å². The number of hydrogen-bond donors (Lipinski definition) is 1. The van der Waals surface area contributed by atoms with Crippen LogP contribution in [0.5, 0.6) is 5.75 Å². The van der Waals surface area contributed by atoms with Crippen LogP contribution in [0.15, 0.2) is 45.6 Å². The summed E-state index contributed by atoms with van der Waals surface area (Å²) in [6, 6.07) is 10.4. The lowest BCUT2D eigenvalue weighted by Crippen LogP contribution is -2.00. The molecule has 82 valence electrons. The summed E-state index contributed by atoms with van der Waals surface area (Å²) in [5.41, 5.74) is 0.923. The maximum absolute atomic E-state index is 11.2. The Balaban J connectivity index is 2.69. The molecule has 0 radical (unpaired) electrons. The molecule has 2 rings (SSSR count). The Labute approximate surface area is 93.0 Å². The Hall–Kier alpha value is -2.03. The van der Waals surface area contributed by atoms with Gasteiger partial charge in [-0.1, -0.05) is 37.3 Å². The minimum absolute atomic E-state index is 0.00222. The minimum Gasteiger partial charge on any atom is -0.507 e. The van der Waals surface area contributed by atoms with Crippen LogP contribution >= 0.6 is 0 Å². The fourth-order valence-corrected chi connectivity index (χ4v) is 1.67. The van der Waals surface area contributed by atoms with Gasteiger partial charge in [-0.15, -0.1) is 0 Å². The second-order valence-corrected chi connectivity index (χ2v) is 3.48. The Morgan fingerprint density at radius 3 is 2.56 bits per heavy atom. The number of benzene rings is 1. The fourth-order valence-electron chi connectivity index (χ4n) is 1.67. The van der Waals surface area contributed by atoms with Crippen molar-refractivity contribution in [2.24, 2.45) is 0 Å². The van der Waals surface area contributed by atoms with E-state index in [9.17, 15) is 9.90 Å². The topological polar surface area (TPSA) is 50.4 Å². The summed E-state index contributed by atoms with van der Waals surface area (Å²) in [4.78, 5) is 11.2. The fraction of sp³-hybridized carbons (Fsp3) is 0.154. The first-order valence-corrected chi connectivity index (χ1v) is 5.13. The lowest BCUT2D eigenvalue weighted by Gasteiger charge is -2.07. The first-order chi connectivity index (χ1) is 7.72. The summed E-state index contributed by atoms with van der Waals surface area (Å²) in [6.45, 7) is 1.90. The highest BCUT2D eigenvalue weighted by atomic mass is 16.4. The highest BCUT2D eigenvalue weighted by molar-refractivity contribution is 5.63. The summed E-state index contributed by atoms with van der Waals surface area (Å²) in [6.07, 6.45) is 0.611. The Morgan fingerprint density at radius 1 is 1.25 bits per heavy atom. The van der Waals surface area contributed by atoms with Gasteiger partial charge in [0.1, 0.15) is 11.5 Å². The molecule has 1 heterocycles. The minimum atomic E-state index is -0.534. The SMILES string of the molecule is CCc1c(O)cc(=O)oc1-c1ccccc1. The van der Waals surface area contributed by atoms with E-state index in [0.29, 0.717) is 17.7 Å². The highest BCUT2D eigenvalue weighted by Gasteiger charge is 2.12. The smallest absolute Gasteiger partial charge is 0.339 e. The van der Waals surface area contributed by atoms with Gasteiger partial charge in [-0.25, -0.2) is 4.79 Å². The second kappa shape index (κ2) is 4.23. The van der Waals surface area contributed by atoms with Gasteiger partial charge in [0.15, 0.2) is 0 Å². The molecule has 0 aliphatic rings. The van der Waals surface area contributed by atoms with Gasteiger partial charge < -0.3 is 9.52 Å². The molecule has 2 aromatic rings. The van der Waals surface area contributed by atoms with Crippen LogP contribution in [0.1, 0.15) is 12.5 Å². The van der Waals surface area contributed by atoms with Crippen molar-refractivity contribution in [3.8, 4) is 17.1 Å². The predicted molar refractivity (Wildman–Crippen MR) is 61.5 cm³/mol. The van der Waals surface area contributed by atoms with Gasteiger partial charge in [-0.2, -0.15) is 0 Å². The molecule has 1 aromatic carbocycles. The van der Waals surface area contributed by atoms with Gasteiger partial charge in [-0.05, 0) is 6.42 Å². The first-order valence-electron chi connectivity index (χ1n) is 5.13. The van der Waals surface area contributed by atoms with E-state index in [0.717, 1.165) is 11.6 Å². The summed E-state index contributed by atoms with van der Waals surface area (Å²) in [5, 5.41) is 9.67. The van der Waals surface area contributed by atoms with Crippen molar-refractivity contribution >= 4 is 0 Å². The molecule has 0 bridgehead atoms. The van der Waals surface area contributed by atoms with Gasteiger partial charge in [-0.3, -0.25) is 0 Å². The Morgan fingerprint density at radius 2 is 1.94 bits per heavy atom. The van der Waals surface area contributed by atoms with Crippen LogP contribution in [0.4, 0.5) is 0 Å². The molecular formula is C13H12O3. The van der Waals surface area contributed by atoms with Crippen molar-refractivity contribution in [2.45, 2.75) is 13.3 Å². The molecule has 0 aliphatic carbocycles. The van der Waals surface area contributed by atoms with Crippen LogP contribution in [0.3, 0.4) is 0 Å². The van der Waals surface area contributed by atoms with Crippen LogP contribution in [0.25, 0.3) is 11.3 Å². The molecule has 16 heavy (non-hydrogen) atoms. The van der Waals surface area contributed by atoms with Crippen molar-refractivity contribution in [1.82, 2.24) is 0 Å². The maximum atomic E-state index is 11.2. The van der Waals surface area contributed by atoms with Gasteiger partial charge in [0.2, 0.25) is 0 Å². The molecule has 1 aromatic heterocycles. The van der Waals surface area contributed by atoms with Crippen molar-refractivity contribution < 1.29 is 9.52 Å². The number of aromatic hydroxyl groups is 1. The third-order valence-electron chi connectivity index (χ3n) is 2.43. The van der Waals surface area contributed by atoms with Crippen LogP contribution < -0.4 is 5.63 Å². The maximum Gasteiger partial charge on any atom is 0.339 e. The van der Waals surface area contributed by atoms with E-state index in [1.807, 2.05) is 37.3 Å². The van der Waals surface area contributed by atoms with Gasteiger partial charge >= 0.3 is 5.63 Å². The molecule has 0 saturated carbocycles. The third kappa shape index (κ3) is 1.84. The van der Waals surface area contributed by atoms with E-state index >= 15 is 0 Å². The van der Waals surface area contributed by atoms with Crippen molar-refractivity contribution in [1.29, 1.82) is 0 Å². The average molecular weight is 216 g/mol. The lowest BCUT2D eigenvalue weighted by molar-refractivity contribution is 0.443. The summed E-state index contributed by atoms with van der Waals surface area (Å²) in [5.74, 6) is 0.450. The van der Waals surface area contributed by atoms with E-state index < -0.39 is 5.63 Å². The van der Waals surface area contributed by atoms with Crippen LogP contribution in [0, 0.1) is 0 Å². The molecule has 1 N–H and O–H groups in total. The van der Waals surface area contributed by atoms with Gasteiger partial charge in [0, 0.05) is 11.1 Å². The molecule has 0 fully saturated rings. The van der Waals surface area contributed by atoms with Crippen molar-refractivity contribution in [3.63, 3.8) is 0 Å². The standard InChI is InChI=1S/C13H12O3/c1-2-10-11(14)8-12(15)16-13(10)9-6-4-3-5-7-9/h3-8,14H,2H2,1H3. The molecular weight excluding hydrogens is 204 g/mol. The first kappa shape index (κ1) is 10.5. The van der Waals surface area contributed by atoms with Crippen molar-refractivity contribution in [3.05, 3.63) is 52.4 Å². The average Bonchev–Trinajstić information content (AvgIpc) is 2.29. The molecule has 0 saturated heterocycles. The van der Waals surface area contributed by atoms with Crippen molar-refractivity contribution in [2.75, 3.05) is 0 Å². The Kier molecular flexibility index (Phi) is 2.77. The highest BCUT2D eigenvalue weighted by Crippen LogP contribution is 2.28. The van der Waals surface area contributed by atoms with Gasteiger partial charge in [0.05, 0.1) is 6.07 Å². The summed E-state index contributed by atoms with van der Waals surface area (Å²) < 4.78 is 5.15. The zero-order valence-electron chi connectivity index (χ0n) is 8.93. The van der Waals surface area contributed by atoms with E-state index in [2.05, 4.69) is 0 Å². The Bertz CT molecular complexity index is 541. The molecule has 0 aliphatic heterocycles. The van der Waals surface area contributed by atoms with Crippen LogP contribution in [-0.4, -0.2) is 5.11 Å². The molecule has 0 amide bonds. The quantitative estimate of drug-likeness (QED) is 0.839. The van der Waals surface area contributed by atoms with Crippen LogP contribution in [0.2, 0.25) is 0 Å². The normalized spacial score (nSPS) is 10.3. The van der Waals surface area contributed by atoms with E-state index in [-0.39, 0.29) is 5.75 Å². The number of rotatable bonds is 2. The number of hydrogen-bond acceptors (Lipinski definition) is 3. The zero-order valence-corrected chi connectivity index (χ0v) is 8.93. The summed E-state index contributed by atoms with van der Waals surface area (Å²) in [7, 11) is 0. The predicted octanol–water partition coefficient (Wildman–Crippen LogP) is 2.57. The zero-order chi connectivity index (χ0) is 11.5. The molecule has 0 spiro atoms. The third-order valence-corrected chi connectivity index (χ3v) is 2.43. The molecule has 3 nitrogen and oxygen atoms in total.